The van der Waals surface area contributed by atoms with E-state index in [9.17, 15) is 0 Å². The Morgan fingerprint density at radius 1 is 1.17 bits per heavy atom. The molecule has 0 fully saturated rings. The molecule has 0 aliphatic rings. The number of nitrogens with zero attached hydrogens (tertiary/aromatic N) is 2. The van der Waals surface area contributed by atoms with Gasteiger partial charge in [-0.1, -0.05) is 13.0 Å². The van der Waals surface area contributed by atoms with Crippen molar-refractivity contribution in [2.75, 3.05) is 0 Å². The van der Waals surface area contributed by atoms with Crippen LogP contribution in [0.25, 0.3) is 22.4 Å². The first-order chi connectivity index (χ1) is 8.76. The summed E-state index contributed by atoms with van der Waals surface area (Å²) < 4.78 is 0. The number of imidazole rings is 1. The summed E-state index contributed by atoms with van der Waals surface area (Å²) in [6, 6.07) is 8.44. The number of aryl methyl sites for hydroxylation is 2. The van der Waals surface area contributed by atoms with Crippen molar-refractivity contribution < 1.29 is 0 Å². The molecule has 0 atom stereocenters. The molecule has 1 N–H and O–H groups in total. The Balaban J connectivity index is 2.13. The summed E-state index contributed by atoms with van der Waals surface area (Å²) in [5.74, 6) is 0.884. The molecule has 0 radical (unpaired) electrons. The Kier molecular flexibility index (Phi) is 2.59. The summed E-state index contributed by atoms with van der Waals surface area (Å²) in [6.07, 6.45) is 4.73. The zero-order chi connectivity index (χ0) is 12.5. The summed E-state index contributed by atoms with van der Waals surface area (Å²) in [4.78, 5) is 12.2. The van der Waals surface area contributed by atoms with Crippen molar-refractivity contribution in [3.05, 3.63) is 47.8 Å². The van der Waals surface area contributed by atoms with Crippen LogP contribution in [0.5, 0.6) is 0 Å². The molecule has 3 nitrogen and oxygen atoms in total. The van der Waals surface area contributed by atoms with Crippen molar-refractivity contribution in [2.24, 2.45) is 0 Å². The highest BCUT2D eigenvalue weighted by molar-refractivity contribution is 5.79. The minimum atomic E-state index is 0.884. The molecule has 3 heteroatoms. The van der Waals surface area contributed by atoms with Crippen LogP contribution in [0.2, 0.25) is 0 Å². The second-order valence-electron chi connectivity index (χ2n) is 4.54. The Morgan fingerprint density at radius 3 is 2.83 bits per heavy atom. The molecule has 0 aliphatic carbocycles. The number of hydrogen-bond donors (Lipinski definition) is 1. The molecular formula is C15H15N3. The molecule has 2 aromatic heterocycles. The second-order valence-corrected chi connectivity index (χ2v) is 4.54. The largest absolute Gasteiger partial charge is 0.338 e. The predicted molar refractivity (Wildman–Crippen MR) is 73.4 cm³/mol. The van der Waals surface area contributed by atoms with Gasteiger partial charge < -0.3 is 4.98 Å². The van der Waals surface area contributed by atoms with Gasteiger partial charge in [0, 0.05) is 18.0 Å². The highest BCUT2D eigenvalue weighted by Crippen LogP contribution is 2.21. The van der Waals surface area contributed by atoms with Crippen molar-refractivity contribution in [2.45, 2.75) is 20.3 Å². The molecule has 1 aromatic carbocycles. The standard InChI is InChI=1S/C15H15N3/c1-3-11-4-5-13-14(7-11)18-15(17-13)12-6-10(2)8-16-9-12/h4-9H,3H2,1-2H3,(H,17,18). The van der Waals surface area contributed by atoms with Crippen LogP contribution in [0.15, 0.2) is 36.7 Å². The third-order valence-corrected chi connectivity index (χ3v) is 3.10. The summed E-state index contributed by atoms with van der Waals surface area (Å²) in [5.41, 5.74) is 5.58. The number of H-pyrrole nitrogens is 1. The van der Waals surface area contributed by atoms with E-state index in [0.29, 0.717) is 0 Å². The monoisotopic (exact) mass is 237 g/mol. The van der Waals surface area contributed by atoms with Gasteiger partial charge in [-0.15, -0.1) is 0 Å². The molecule has 2 heterocycles. The lowest BCUT2D eigenvalue weighted by Crippen LogP contribution is -1.83. The topological polar surface area (TPSA) is 41.6 Å². The minimum Gasteiger partial charge on any atom is -0.338 e. The van der Waals surface area contributed by atoms with Crippen LogP contribution in [-0.2, 0) is 6.42 Å². The maximum Gasteiger partial charge on any atom is 0.140 e. The molecule has 3 aromatic rings. The highest BCUT2D eigenvalue weighted by atomic mass is 14.9. The van der Waals surface area contributed by atoms with Gasteiger partial charge in [0.25, 0.3) is 0 Å². The van der Waals surface area contributed by atoms with Crippen LogP contribution in [0.3, 0.4) is 0 Å². The van der Waals surface area contributed by atoms with Gasteiger partial charge >= 0.3 is 0 Å². The molecule has 0 amide bonds. The molecule has 0 spiro atoms. The van der Waals surface area contributed by atoms with Crippen LogP contribution in [-0.4, -0.2) is 15.0 Å². The van der Waals surface area contributed by atoms with Crippen LogP contribution >= 0.6 is 0 Å². The molecule has 0 aliphatic heterocycles. The van der Waals surface area contributed by atoms with E-state index in [1.165, 1.54) is 5.56 Å². The maximum absolute atomic E-state index is 4.60. The van der Waals surface area contributed by atoms with Gasteiger partial charge in [0.1, 0.15) is 5.82 Å². The number of aromatic nitrogens is 3. The number of benzene rings is 1. The predicted octanol–water partition coefficient (Wildman–Crippen LogP) is 3.50. The van der Waals surface area contributed by atoms with Crippen LogP contribution in [0.4, 0.5) is 0 Å². The number of pyridine rings is 1. The number of hydrogen-bond acceptors (Lipinski definition) is 2. The van der Waals surface area contributed by atoms with Crippen LogP contribution < -0.4 is 0 Å². The maximum atomic E-state index is 4.60. The number of rotatable bonds is 2. The molecule has 0 saturated carbocycles. The molecular weight excluding hydrogens is 222 g/mol. The Labute approximate surface area is 106 Å². The molecule has 0 unspecified atom stereocenters. The zero-order valence-electron chi connectivity index (χ0n) is 10.6. The van der Waals surface area contributed by atoms with Gasteiger partial charge in [0.05, 0.1) is 11.0 Å². The van der Waals surface area contributed by atoms with E-state index in [1.54, 1.807) is 0 Å². The quantitative estimate of drug-likeness (QED) is 0.741. The van der Waals surface area contributed by atoms with E-state index >= 15 is 0 Å². The van der Waals surface area contributed by atoms with Gasteiger partial charge in [-0.3, -0.25) is 4.98 Å². The molecule has 0 bridgehead atoms. The fraction of sp³-hybridized carbons (Fsp3) is 0.200. The molecule has 18 heavy (non-hydrogen) atoms. The van der Waals surface area contributed by atoms with Crippen molar-refractivity contribution in [1.82, 2.24) is 15.0 Å². The van der Waals surface area contributed by atoms with Gasteiger partial charge in [0.2, 0.25) is 0 Å². The zero-order valence-corrected chi connectivity index (χ0v) is 10.6. The number of aromatic amines is 1. The van der Waals surface area contributed by atoms with Crippen molar-refractivity contribution in [1.29, 1.82) is 0 Å². The Bertz CT molecular complexity index is 698. The normalized spacial score (nSPS) is 11.0. The van der Waals surface area contributed by atoms with E-state index in [2.05, 4.69) is 46.1 Å². The molecule has 0 saturated heterocycles. The van der Waals surface area contributed by atoms with E-state index in [0.717, 1.165) is 34.4 Å². The average Bonchev–Trinajstić information content (AvgIpc) is 2.81. The average molecular weight is 237 g/mol. The van der Waals surface area contributed by atoms with E-state index < -0.39 is 0 Å². The highest BCUT2D eigenvalue weighted by Gasteiger charge is 2.06. The summed E-state index contributed by atoms with van der Waals surface area (Å²) in [6.45, 7) is 4.19. The van der Waals surface area contributed by atoms with Gasteiger partial charge in [0.15, 0.2) is 0 Å². The number of fused-ring (bicyclic) bond motifs is 1. The summed E-state index contributed by atoms with van der Waals surface area (Å²) in [7, 11) is 0. The minimum absolute atomic E-state index is 0.884. The fourth-order valence-corrected chi connectivity index (χ4v) is 2.10. The van der Waals surface area contributed by atoms with Crippen molar-refractivity contribution in [3.63, 3.8) is 0 Å². The van der Waals surface area contributed by atoms with Gasteiger partial charge in [-0.05, 0) is 42.7 Å². The van der Waals surface area contributed by atoms with E-state index in [-0.39, 0.29) is 0 Å². The third kappa shape index (κ3) is 1.88. The smallest absolute Gasteiger partial charge is 0.140 e. The Morgan fingerprint density at radius 2 is 2.06 bits per heavy atom. The first-order valence-electron chi connectivity index (χ1n) is 6.17. The van der Waals surface area contributed by atoms with Crippen molar-refractivity contribution >= 4 is 11.0 Å². The summed E-state index contributed by atoms with van der Waals surface area (Å²) >= 11 is 0. The van der Waals surface area contributed by atoms with E-state index in [4.69, 9.17) is 0 Å². The Hall–Kier alpha value is -2.16. The molecule has 90 valence electrons. The molecule has 3 rings (SSSR count). The van der Waals surface area contributed by atoms with Crippen LogP contribution in [0, 0.1) is 6.92 Å². The fourth-order valence-electron chi connectivity index (χ4n) is 2.10. The van der Waals surface area contributed by atoms with Gasteiger partial charge in [-0.25, -0.2) is 4.98 Å². The SMILES string of the molecule is CCc1ccc2nc(-c3cncc(C)c3)[nH]c2c1. The number of nitrogens with one attached hydrogen (secondary N) is 1. The first kappa shape index (κ1) is 11.0. The lowest BCUT2D eigenvalue weighted by molar-refractivity contribution is 1.14. The van der Waals surface area contributed by atoms with Gasteiger partial charge in [-0.2, -0.15) is 0 Å². The second kappa shape index (κ2) is 4.26. The lowest BCUT2D eigenvalue weighted by Gasteiger charge is -1.96. The van der Waals surface area contributed by atoms with E-state index in [1.807, 2.05) is 19.3 Å². The van der Waals surface area contributed by atoms with Crippen LogP contribution in [0.1, 0.15) is 18.1 Å². The third-order valence-electron chi connectivity index (χ3n) is 3.10. The first-order valence-corrected chi connectivity index (χ1v) is 6.17. The lowest BCUT2D eigenvalue weighted by atomic mass is 10.1. The van der Waals surface area contributed by atoms with Crippen molar-refractivity contribution in [3.8, 4) is 11.4 Å². The summed E-state index contributed by atoms with van der Waals surface area (Å²) in [5, 5.41) is 0.